The predicted molar refractivity (Wildman–Crippen MR) is 99.9 cm³/mol. The summed E-state index contributed by atoms with van der Waals surface area (Å²) in [5.74, 6) is -0.613. The minimum atomic E-state index is -0.678. The van der Waals surface area contributed by atoms with Crippen molar-refractivity contribution in [1.29, 1.82) is 0 Å². The third kappa shape index (κ3) is 4.88. The summed E-state index contributed by atoms with van der Waals surface area (Å²) < 4.78 is 13.4. The zero-order valence-corrected chi connectivity index (χ0v) is 15.5. The molecule has 0 bridgehead atoms. The van der Waals surface area contributed by atoms with Crippen LogP contribution >= 0.6 is 0 Å². The number of rotatable bonds is 4. The van der Waals surface area contributed by atoms with E-state index < -0.39 is 6.10 Å². The zero-order valence-electron chi connectivity index (χ0n) is 15.5. The molecule has 2 saturated heterocycles. The topological polar surface area (TPSA) is 84.9 Å². The van der Waals surface area contributed by atoms with Crippen LogP contribution in [0.2, 0.25) is 0 Å². The highest BCUT2D eigenvalue weighted by atomic mass is 19.1. The molecule has 2 atom stereocenters. The van der Waals surface area contributed by atoms with Gasteiger partial charge in [-0.15, -0.1) is 0 Å². The number of aliphatic hydroxyl groups excluding tert-OH is 1. The van der Waals surface area contributed by atoms with Gasteiger partial charge in [0, 0.05) is 57.3 Å². The summed E-state index contributed by atoms with van der Waals surface area (Å²) in [6.07, 6.45) is 1.09. The van der Waals surface area contributed by atoms with Gasteiger partial charge < -0.3 is 25.5 Å². The average Bonchev–Trinajstić information content (AvgIpc) is 3.03. The third-order valence-corrected chi connectivity index (χ3v) is 5.42. The summed E-state index contributed by atoms with van der Waals surface area (Å²) in [4.78, 5) is 27.7. The molecule has 0 spiro atoms. The van der Waals surface area contributed by atoms with Gasteiger partial charge in [0.1, 0.15) is 5.82 Å². The Kier molecular flexibility index (Phi) is 6.15. The number of benzene rings is 1. The Hall–Kier alpha value is -2.35. The molecule has 0 radical (unpaired) electrons. The number of urea groups is 1. The first-order valence-corrected chi connectivity index (χ1v) is 9.41. The largest absolute Gasteiger partial charge is 0.391 e. The third-order valence-electron chi connectivity index (χ3n) is 5.42. The van der Waals surface area contributed by atoms with Crippen LogP contribution in [0.1, 0.15) is 19.3 Å². The van der Waals surface area contributed by atoms with Crippen LogP contribution in [0.15, 0.2) is 24.3 Å². The fraction of sp³-hybridized carbons (Fsp3) is 0.579. The number of anilines is 1. The Balaban J connectivity index is 1.46. The molecule has 1 aromatic rings. The predicted octanol–water partition coefficient (Wildman–Crippen LogP) is 0.933. The van der Waals surface area contributed by atoms with Crippen LogP contribution < -0.4 is 15.5 Å². The maximum Gasteiger partial charge on any atom is 0.317 e. The van der Waals surface area contributed by atoms with Crippen LogP contribution in [-0.4, -0.2) is 67.3 Å². The van der Waals surface area contributed by atoms with Gasteiger partial charge in [-0.2, -0.15) is 0 Å². The Morgan fingerprint density at radius 1 is 1.26 bits per heavy atom. The molecule has 8 heteroatoms. The monoisotopic (exact) mass is 378 g/mol. The molecule has 3 amide bonds. The van der Waals surface area contributed by atoms with Gasteiger partial charge in [-0.05, 0) is 31.0 Å². The molecule has 3 rings (SSSR count). The second kappa shape index (κ2) is 8.56. The summed E-state index contributed by atoms with van der Waals surface area (Å²) in [6.45, 7) is 2.12. The highest BCUT2D eigenvalue weighted by molar-refractivity contribution is 5.77. The molecule has 2 aliphatic heterocycles. The average molecular weight is 378 g/mol. The molecule has 0 saturated carbocycles. The highest BCUT2D eigenvalue weighted by Crippen LogP contribution is 2.23. The molecule has 148 valence electrons. The quantitative estimate of drug-likeness (QED) is 0.728. The van der Waals surface area contributed by atoms with Crippen LogP contribution in [-0.2, 0) is 4.79 Å². The van der Waals surface area contributed by atoms with E-state index in [9.17, 15) is 19.1 Å². The first-order valence-electron chi connectivity index (χ1n) is 9.41. The Morgan fingerprint density at radius 2 is 2.00 bits per heavy atom. The number of nitrogens with zero attached hydrogens (tertiary/aromatic N) is 2. The van der Waals surface area contributed by atoms with Gasteiger partial charge in [-0.1, -0.05) is 6.07 Å². The lowest BCUT2D eigenvalue weighted by atomic mass is 10.0. The van der Waals surface area contributed by atoms with Gasteiger partial charge in [0.25, 0.3) is 0 Å². The number of β-amino-alcohol motifs (C(OH)–C–C–N with tert-alkyl or cyclic N) is 1. The normalized spacial score (nSPS) is 23.4. The van der Waals surface area contributed by atoms with Crippen LogP contribution in [0.5, 0.6) is 0 Å². The van der Waals surface area contributed by atoms with Gasteiger partial charge >= 0.3 is 6.03 Å². The van der Waals surface area contributed by atoms with Crippen molar-refractivity contribution >= 4 is 17.6 Å². The molecular weight excluding hydrogens is 351 g/mol. The number of hydrogen-bond acceptors (Lipinski definition) is 4. The number of halogens is 1. The number of likely N-dealkylation sites (tertiary alicyclic amines) is 1. The van der Waals surface area contributed by atoms with E-state index in [0.717, 1.165) is 31.6 Å². The second-order valence-electron chi connectivity index (χ2n) is 7.30. The number of hydrogen-bond donors (Lipinski definition) is 3. The standard InChI is InChI=1S/C19H27FN4O3/c1-21-18(26)9-13-11-24(12-17(13)25)19(27)22-15-5-7-23(8-6-15)16-4-2-3-14(20)10-16/h2-4,10,13,15,17,25H,5-9,11-12H2,1H3,(H,21,26)(H,22,27)/t13-,17-/m1/s1. The highest BCUT2D eigenvalue weighted by Gasteiger charge is 2.35. The summed E-state index contributed by atoms with van der Waals surface area (Å²) in [7, 11) is 1.56. The van der Waals surface area contributed by atoms with Crippen molar-refractivity contribution < 1.29 is 19.1 Å². The lowest BCUT2D eigenvalue weighted by molar-refractivity contribution is -0.122. The van der Waals surface area contributed by atoms with Crippen molar-refractivity contribution in [1.82, 2.24) is 15.5 Å². The molecular formula is C19H27FN4O3. The summed E-state index contributed by atoms with van der Waals surface area (Å²) in [5, 5.41) is 15.7. The number of piperidine rings is 1. The van der Waals surface area contributed by atoms with E-state index >= 15 is 0 Å². The van der Waals surface area contributed by atoms with E-state index in [0.29, 0.717) is 6.54 Å². The van der Waals surface area contributed by atoms with Crippen LogP contribution in [0, 0.1) is 11.7 Å². The summed E-state index contributed by atoms with van der Waals surface area (Å²) in [6, 6.07) is 6.40. The molecule has 2 aliphatic rings. The molecule has 0 aliphatic carbocycles. The number of nitrogens with one attached hydrogen (secondary N) is 2. The van der Waals surface area contributed by atoms with Gasteiger partial charge in [-0.3, -0.25) is 4.79 Å². The van der Waals surface area contributed by atoms with Gasteiger partial charge in [0.05, 0.1) is 6.10 Å². The second-order valence-corrected chi connectivity index (χ2v) is 7.30. The van der Waals surface area contributed by atoms with Crippen LogP contribution in [0.25, 0.3) is 0 Å². The van der Waals surface area contributed by atoms with E-state index in [-0.39, 0.29) is 42.7 Å². The lowest BCUT2D eigenvalue weighted by Crippen LogP contribution is -2.49. The van der Waals surface area contributed by atoms with Gasteiger partial charge in [-0.25, -0.2) is 9.18 Å². The summed E-state index contributed by atoms with van der Waals surface area (Å²) >= 11 is 0. The Bertz CT molecular complexity index is 679. The van der Waals surface area contributed by atoms with E-state index in [1.807, 2.05) is 6.07 Å². The molecule has 27 heavy (non-hydrogen) atoms. The van der Waals surface area contributed by atoms with Crippen molar-refractivity contribution in [2.75, 3.05) is 38.1 Å². The summed E-state index contributed by atoms with van der Waals surface area (Å²) in [5.41, 5.74) is 0.861. The smallest absolute Gasteiger partial charge is 0.317 e. The van der Waals surface area contributed by atoms with Gasteiger partial charge in [0.2, 0.25) is 5.91 Å². The van der Waals surface area contributed by atoms with Crippen molar-refractivity contribution in [3.63, 3.8) is 0 Å². The van der Waals surface area contributed by atoms with E-state index in [2.05, 4.69) is 15.5 Å². The lowest BCUT2D eigenvalue weighted by Gasteiger charge is -2.34. The van der Waals surface area contributed by atoms with Crippen molar-refractivity contribution in [3.8, 4) is 0 Å². The molecule has 2 fully saturated rings. The molecule has 0 unspecified atom stereocenters. The Morgan fingerprint density at radius 3 is 2.67 bits per heavy atom. The van der Waals surface area contributed by atoms with Crippen LogP contribution in [0.4, 0.5) is 14.9 Å². The molecule has 0 aromatic heterocycles. The maximum atomic E-state index is 13.4. The fourth-order valence-electron chi connectivity index (χ4n) is 3.78. The zero-order chi connectivity index (χ0) is 19.4. The Labute approximate surface area is 158 Å². The molecule has 1 aromatic carbocycles. The first-order chi connectivity index (χ1) is 13.0. The number of carbonyl (C=O) groups is 2. The minimum Gasteiger partial charge on any atom is -0.391 e. The van der Waals surface area contributed by atoms with Crippen molar-refractivity contribution in [2.24, 2.45) is 5.92 Å². The van der Waals surface area contributed by atoms with Crippen molar-refractivity contribution in [2.45, 2.75) is 31.4 Å². The molecule has 7 nitrogen and oxygen atoms in total. The minimum absolute atomic E-state index is 0.0532. The molecule has 3 N–H and O–H groups in total. The van der Waals surface area contributed by atoms with Gasteiger partial charge in [0.15, 0.2) is 0 Å². The van der Waals surface area contributed by atoms with Crippen molar-refractivity contribution in [3.05, 3.63) is 30.1 Å². The SMILES string of the molecule is CNC(=O)C[C@@H]1CN(C(=O)NC2CCN(c3cccc(F)c3)CC2)C[C@H]1O. The molecule has 2 heterocycles. The van der Waals surface area contributed by atoms with E-state index in [1.54, 1.807) is 18.0 Å². The number of carbonyl (C=O) groups excluding carboxylic acids is 2. The number of amides is 3. The van der Waals surface area contributed by atoms with Crippen LogP contribution in [0.3, 0.4) is 0 Å². The van der Waals surface area contributed by atoms with E-state index in [4.69, 9.17) is 0 Å². The first kappa shape index (κ1) is 19.4. The fourth-order valence-corrected chi connectivity index (χ4v) is 3.78. The maximum absolute atomic E-state index is 13.4. The van der Waals surface area contributed by atoms with E-state index in [1.165, 1.54) is 12.1 Å². The number of aliphatic hydroxyl groups is 1.